The van der Waals surface area contributed by atoms with Crippen LogP contribution in [0.25, 0.3) is 11.1 Å². The third-order valence-electron chi connectivity index (χ3n) is 5.19. The normalized spacial score (nSPS) is 15.3. The van der Waals surface area contributed by atoms with Gasteiger partial charge in [0.25, 0.3) is 0 Å². The van der Waals surface area contributed by atoms with Crippen molar-refractivity contribution in [3.63, 3.8) is 0 Å². The zero-order valence-corrected chi connectivity index (χ0v) is 16.1. The average Bonchev–Trinajstić information content (AvgIpc) is 2.67. The molecule has 1 aliphatic rings. The van der Waals surface area contributed by atoms with Gasteiger partial charge in [-0.2, -0.15) is 0 Å². The van der Waals surface area contributed by atoms with E-state index in [4.69, 9.17) is 4.74 Å². The van der Waals surface area contributed by atoms with Gasteiger partial charge in [0.1, 0.15) is 11.6 Å². The molecule has 0 atom stereocenters. The van der Waals surface area contributed by atoms with Crippen molar-refractivity contribution in [1.82, 2.24) is 4.90 Å². The molecule has 3 nitrogen and oxygen atoms in total. The maximum atomic E-state index is 13.8. The third kappa shape index (κ3) is 4.01. The summed E-state index contributed by atoms with van der Waals surface area (Å²) in [5.41, 5.74) is 4.26. The van der Waals surface area contributed by atoms with E-state index in [1.54, 1.807) is 19.2 Å². The van der Waals surface area contributed by atoms with Crippen LogP contribution in [0.2, 0.25) is 0 Å². The molecular formula is C22H29FN2O. The maximum Gasteiger partial charge on any atom is 0.130 e. The first-order valence-electron chi connectivity index (χ1n) is 9.60. The van der Waals surface area contributed by atoms with Crippen molar-refractivity contribution >= 4 is 5.69 Å². The van der Waals surface area contributed by atoms with Crippen molar-refractivity contribution in [3.8, 4) is 16.9 Å². The molecule has 0 spiro atoms. The summed E-state index contributed by atoms with van der Waals surface area (Å²) >= 11 is 0. The number of hydrogen-bond donors (Lipinski definition) is 0. The molecule has 1 heterocycles. The molecule has 0 amide bonds. The highest BCUT2D eigenvalue weighted by Crippen LogP contribution is 2.38. The number of aryl methyl sites for hydroxylation is 1. The lowest BCUT2D eigenvalue weighted by molar-refractivity contribution is 0.271. The second-order valence-electron chi connectivity index (χ2n) is 6.87. The fourth-order valence-corrected chi connectivity index (χ4v) is 3.74. The molecule has 1 fully saturated rings. The molecule has 1 aliphatic heterocycles. The topological polar surface area (TPSA) is 15.7 Å². The van der Waals surface area contributed by atoms with Gasteiger partial charge in [-0.3, -0.25) is 0 Å². The summed E-state index contributed by atoms with van der Waals surface area (Å²) in [5, 5.41) is 0. The van der Waals surface area contributed by atoms with E-state index in [1.165, 1.54) is 17.3 Å². The van der Waals surface area contributed by atoms with Gasteiger partial charge in [-0.15, -0.1) is 0 Å². The van der Waals surface area contributed by atoms with Crippen LogP contribution in [-0.2, 0) is 6.42 Å². The number of rotatable bonds is 6. The van der Waals surface area contributed by atoms with Gasteiger partial charge in [-0.05, 0) is 48.4 Å². The SMILES string of the molecule is CCCc1cc(N2CCN(CC)CC2)cc(-c2cccc(F)c2)c1OC. The number of ether oxygens (including phenoxy) is 1. The van der Waals surface area contributed by atoms with E-state index >= 15 is 0 Å². The number of anilines is 1. The van der Waals surface area contributed by atoms with Crippen LogP contribution >= 0.6 is 0 Å². The number of hydrogen-bond acceptors (Lipinski definition) is 3. The lowest BCUT2D eigenvalue weighted by atomic mass is 9.97. The summed E-state index contributed by atoms with van der Waals surface area (Å²) in [6.07, 6.45) is 2.00. The van der Waals surface area contributed by atoms with Gasteiger partial charge < -0.3 is 14.5 Å². The smallest absolute Gasteiger partial charge is 0.130 e. The molecule has 0 saturated carbocycles. The van der Waals surface area contributed by atoms with Gasteiger partial charge in [0.15, 0.2) is 0 Å². The van der Waals surface area contributed by atoms with Gasteiger partial charge in [0.2, 0.25) is 0 Å². The van der Waals surface area contributed by atoms with Crippen LogP contribution < -0.4 is 9.64 Å². The second kappa shape index (κ2) is 8.54. The first-order chi connectivity index (χ1) is 12.7. The molecule has 0 aliphatic carbocycles. The molecule has 3 rings (SSSR count). The Morgan fingerprint density at radius 2 is 1.81 bits per heavy atom. The fraction of sp³-hybridized carbons (Fsp3) is 0.455. The van der Waals surface area contributed by atoms with Crippen molar-refractivity contribution in [3.05, 3.63) is 47.8 Å². The van der Waals surface area contributed by atoms with Crippen LogP contribution in [0.5, 0.6) is 5.75 Å². The Labute approximate surface area is 156 Å². The Morgan fingerprint density at radius 3 is 2.42 bits per heavy atom. The summed E-state index contributed by atoms with van der Waals surface area (Å²) in [6, 6.07) is 11.2. The lowest BCUT2D eigenvalue weighted by Crippen LogP contribution is -2.46. The number of likely N-dealkylation sites (N-methyl/N-ethyl adjacent to an activating group) is 1. The van der Waals surface area contributed by atoms with Crippen molar-refractivity contribution in [2.24, 2.45) is 0 Å². The van der Waals surface area contributed by atoms with Gasteiger partial charge in [0, 0.05) is 37.4 Å². The maximum absolute atomic E-state index is 13.8. The number of benzene rings is 2. The Bertz CT molecular complexity index is 739. The summed E-state index contributed by atoms with van der Waals surface area (Å²) in [4.78, 5) is 4.91. The number of methoxy groups -OCH3 is 1. The predicted molar refractivity (Wildman–Crippen MR) is 107 cm³/mol. The van der Waals surface area contributed by atoms with E-state index in [0.29, 0.717) is 0 Å². The van der Waals surface area contributed by atoms with Gasteiger partial charge in [0.05, 0.1) is 7.11 Å². The van der Waals surface area contributed by atoms with Crippen molar-refractivity contribution < 1.29 is 9.13 Å². The molecule has 0 radical (unpaired) electrons. The van der Waals surface area contributed by atoms with E-state index < -0.39 is 0 Å². The van der Waals surface area contributed by atoms with Crippen LogP contribution in [0, 0.1) is 5.82 Å². The Balaban J connectivity index is 2.03. The monoisotopic (exact) mass is 356 g/mol. The van der Waals surface area contributed by atoms with E-state index in [2.05, 4.69) is 35.8 Å². The summed E-state index contributed by atoms with van der Waals surface area (Å²) in [5.74, 6) is 0.650. The van der Waals surface area contributed by atoms with E-state index in [0.717, 1.165) is 62.4 Å². The predicted octanol–water partition coefficient (Wildman–Crippen LogP) is 4.60. The minimum atomic E-state index is -0.219. The quantitative estimate of drug-likeness (QED) is 0.752. The zero-order valence-electron chi connectivity index (χ0n) is 16.1. The Kier molecular flexibility index (Phi) is 6.15. The van der Waals surface area contributed by atoms with Crippen molar-refractivity contribution in [2.45, 2.75) is 26.7 Å². The van der Waals surface area contributed by atoms with E-state index in [-0.39, 0.29) is 5.82 Å². The lowest BCUT2D eigenvalue weighted by Gasteiger charge is -2.36. The molecule has 4 heteroatoms. The standard InChI is InChI=1S/C22H29FN2O/c1-4-7-18-15-20(25-12-10-24(5-2)11-13-25)16-21(22(18)26-3)17-8-6-9-19(23)14-17/h6,8-9,14-16H,4-5,7,10-13H2,1-3H3. The summed E-state index contributed by atoms with van der Waals surface area (Å²) in [6.45, 7) is 9.70. The number of halogens is 1. The molecular weight excluding hydrogens is 327 g/mol. The van der Waals surface area contributed by atoms with Gasteiger partial charge in [-0.25, -0.2) is 4.39 Å². The van der Waals surface area contributed by atoms with Crippen LogP contribution in [-0.4, -0.2) is 44.7 Å². The van der Waals surface area contributed by atoms with Crippen LogP contribution in [0.15, 0.2) is 36.4 Å². The first kappa shape index (κ1) is 18.7. The zero-order chi connectivity index (χ0) is 18.5. The molecule has 0 unspecified atom stereocenters. The molecule has 2 aromatic rings. The fourth-order valence-electron chi connectivity index (χ4n) is 3.74. The molecule has 0 N–H and O–H groups in total. The first-order valence-corrected chi connectivity index (χ1v) is 9.60. The third-order valence-corrected chi connectivity index (χ3v) is 5.19. The van der Waals surface area contributed by atoms with Crippen LogP contribution in [0.4, 0.5) is 10.1 Å². The second-order valence-corrected chi connectivity index (χ2v) is 6.87. The number of nitrogens with zero attached hydrogens (tertiary/aromatic N) is 2. The minimum absolute atomic E-state index is 0.219. The van der Waals surface area contributed by atoms with Crippen LogP contribution in [0.3, 0.4) is 0 Å². The van der Waals surface area contributed by atoms with E-state index in [1.807, 2.05) is 6.07 Å². The summed E-state index contributed by atoms with van der Waals surface area (Å²) < 4.78 is 19.6. The Morgan fingerprint density at radius 1 is 1.04 bits per heavy atom. The highest BCUT2D eigenvalue weighted by atomic mass is 19.1. The van der Waals surface area contributed by atoms with E-state index in [9.17, 15) is 4.39 Å². The van der Waals surface area contributed by atoms with Crippen molar-refractivity contribution in [2.75, 3.05) is 44.7 Å². The molecule has 140 valence electrons. The minimum Gasteiger partial charge on any atom is -0.496 e. The number of piperazine rings is 1. The van der Waals surface area contributed by atoms with Gasteiger partial charge >= 0.3 is 0 Å². The molecule has 2 aromatic carbocycles. The highest BCUT2D eigenvalue weighted by molar-refractivity contribution is 5.77. The van der Waals surface area contributed by atoms with Crippen LogP contribution in [0.1, 0.15) is 25.8 Å². The Hall–Kier alpha value is -2.07. The molecule has 0 bridgehead atoms. The summed E-state index contributed by atoms with van der Waals surface area (Å²) in [7, 11) is 1.71. The molecule has 1 saturated heterocycles. The van der Waals surface area contributed by atoms with Crippen molar-refractivity contribution in [1.29, 1.82) is 0 Å². The molecule has 26 heavy (non-hydrogen) atoms. The largest absolute Gasteiger partial charge is 0.496 e. The van der Waals surface area contributed by atoms with Gasteiger partial charge in [-0.1, -0.05) is 32.4 Å². The highest BCUT2D eigenvalue weighted by Gasteiger charge is 2.20. The molecule has 0 aromatic heterocycles. The average molecular weight is 356 g/mol.